The summed E-state index contributed by atoms with van der Waals surface area (Å²) in [5.74, 6) is 0.603. The second-order valence-corrected chi connectivity index (χ2v) is 17.7. The molecule has 0 saturated heterocycles. The van der Waals surface area contributed by atoms with Crippen molar-refractivity contribution in [1.29, 1.82) is 0 Å². The molecule has 2 unspecified atom stereocenters. The molecule has 177 valence electrons. The zero-order valence-electron chi connectivity index (χ0n) is 23.0. The smallest absolute Gasteiger partial charge is 0.358 e. The molecule has 0 amide bonds. The van der Waals surface area contributed by atoms with E-state index in [1.54, 1.807) is 5.19 Å². The van der Waals surface area contributed by atoms with Crippen molar-refractivity contribution in [2.75, 3.05) is 0 Å². The maximum absolute atomic E-state index is 4.03. The Morgan fingerprint density at radius 1 is 1.00 bits per heavy atom. The topological polar surface area (TPSA) is 0 Å². The van der Waals surface area contributed by atoms with Crippen LogP contribution in [0, 0.1) is 39.2 Å². The van der Waals surface area contributed by atoms with Gasteiger partial charge < -0.3 is 14.9 Å². The van der Waals surface area contributed by atoms with Crippen LogP contribution in [-0.4, -0.2) is 17.6 Å². The Labute approximate surface area is 224 Å². The molecule has 1 aromatic carbocycles. The first-order valence-electron chi connectivity index (χ1n) is 11.4. The summed E-state index contributed by atoms with van der Waals surface area (Å²) in [6.07, 6.45) is 15.6. The van der Waals surface area contributed by atoms with E-state index in [0.29, 0.717) is 5.92 Å². The minimum atomic E-state index is -1.35. The van der Waals surface area contributed by atoms with E-state index in [4.69, 9.17) is 0 Å². The quantitative estimate of drug-likeness (QED) is 0.274. The Kier molecular flexibility index (Phi) is 11.6. The number of benzene rings is 1. The molecule has 0 nitrogen and oxygen atoms in total. The van der Waals surface area contributed by atoms with Gasteiger partial charge in [0.05, 0.1) is 17.6 Å². The van der Waals surface area contributed by atoms with Gasteiger partial charge in [0.15, 0.2) is 0 Å². The van der Waals surface area contributed by atoms with Crippen molar-refractivity contribution in [3.63, 3.8) is 0 Å². The van der Waals surface area contributed by atoms with Crippen LogP contribution >= 0.6 is 0 Å². The molecule has 3 rings (SSSR count). The fraction of sp³-hybridized carbons (Fsp3) is 0.467. The first-order valence-corrected chi connectivity index (χ1v) is 15.9. The van der Waals surface area contributed by atoms with E-state index in [1.807, 2.05) is 0 Å². The van der Waals surface area contributed by atoms with Crippen LogP contribution in [-0.2, 0) is 21.7 Å². The minimum absolute atomic E-state index is 0. The number of allylic oxidation sites excluding steroid dienone is 8. The van der Waals surface area contributed by atoms with Gasteiger partial charge in [-0.05, 0) is 24.7 Å². The molecule has 2 aliphatic rings. The van der Waals surface area contributed by atoms with Gasteiger partial charge in [-0.15, -0.1) is 6.92 Å². The van der Waals surface area contributed by atoms with Gasteiger partial charge in [0.1, 0.15) is 0 Å². The van der Waals surface area contributed by atoms with Crippen molar-refractivity contribution >= 4 is 28.0 Å². The summed E-state index contributed by atoms with van der Waals surface area (Å²) >= 11 is 0. The van der Waals surface area contributed by atoms with Crippen molar-refractivity contribution in [2.24, 2.45) is 11.3 Å². The molecule has 0 aliphatic heterocycles. The Bertz CT molecular complexity index is 943. The molecule has 0 fully saturated rings. The van der Waals surface area contributed by atoms with Gasteiger partial charge in [0, 0.05) is 0 Å². The van der Waals surface area contributed by atoms with Crippen molar-refractivity contribution in [2.45, 2.75) is 79.1 Å². The number of rotatable bonds is 6. The van der Waals surface area contributed by atoms with Crippen LogP contribution in [0.25, 0.3) is 0 Å². The van der Waals surface area contributed by atoms with Gasteiger partial charge in [-0.2, -0.15) is 11.1 Å². The molecule has 0 aromatic heterocycles. The van der Waals surface area contributed by atoms with E-state index < -0.39 is 8.07 Å². The molecule has 2 atom stereocenters. The Morgan fingerprint density at radius 3 is 2.09 bits per heavy atom. The summed E-state index contributed by atoms with van der Waals surface area (Å²) in [5, 5.41) is 3.10. The van der Waals surface area contributed by atoms with Gasteiger partial charge in [-0.25, -0.2) is 5.57 Å². The van der Waals surface area contributed by atoms with Crippen LogP contribution < -0.4 is 10.4 Å². The molecule has 3 radical (unpaired) electrons. The first-order chi connectivity index (χ1) is 13.9. The number of hydrogen-bond donors (Lipinski definition) is 0. The van der Waals surface area contributed by atoms with Crippen LogP contribution in [0.3, 0.4) is 0 Å². The minimum Gasteiger partial charge on any atom is -0.358 e. The van der Waals surface area contributed by atoms with Crippen molar-refractivity contribution in [1.82, 2.24) is 0 Å². The largest absolute Gasteiger partial charge is 3.00 e. The fourth-order valence-electron chi connectivity index (χ4n) is 4.93. The Balaban J connectivity index is 0.00000341. The summed E-state index contributed by atoms with van der Waals surface area (Å²) in [5.41, 5.74) is 5.95. The zero-order chi connectivity index (χ0) is 22.3. The third-order valence-electron chi connectivity index (χ3n) is 7.38. The predicted molar refractivity (Wildman–Crippen MR) is 151 cm³/mol. The second-order valence-electron chi connectivity index (χ2n) is 10.9. The van der Waals surface area contributed by atoms with E-state index in [2.05, 4.69) is 110 Å². The number of aryl methyl sites for hydroxylation is 1. The van der Waals surface area contributed by atoms with Crippen LogP contribution in [0.1, 0.15) is 53.0 Å². The summed E-state index contributed by atoms with van der Waals surface area (Å²) in [6.45, 7) is 21.4. The first kappa shape index (κ1) is 32.3. The molecule has 3 heteroatoms. The average molecular weight is 510 g/mol. The van der Waals surface area contributed by atoms with E-state index in [9.17, 15) is 0 Å². The van der Waals surface area contributed by atoms with Crippen LogP contribution in [0.5, 0.6) is 0 Å². The van der Waals surface area contributed by atoms with Crippen LogP contribution in [0.4, 0.5) is 0 Å². The average Bonchev–Trinajstić information content (AvgIpc) is 2.85. The second kappa shape index (κ2) is 11.8. The maximum atomic E-state index is 4.03. The fourth-order valence-corrected chi connectivity index (χ4v) is 8.38. The van der Waals surface area contributed by atoms with Crippen molar-refractivity contribution in [3.8, 4) is 0 Å². The summed E-state index contributed by atoms with van der Waals surface area (Å²) in [6, 6.07) is 7.38. The van der Waals surface area contributed by atoms with Crippen molar-refractivity contribution in [3.05, 3.63) is 85.7 Å². The number of hydrogen-bond acceptors (Lipinski definition) is 0. The normalized spacial score (nSPS) is 24.2. The molecule has 0 bridgehead atoms. The molecule has 0 saturated carbocycles. The summed E-state index contributed by atoms with van der Waals surface area (Å²) < 4.78 is 0. The zero-order valence-corrected chi connectivity index (χ0v) is 26.6. The molecule has 0 spiro atoms. The Morgan fingerprint density at radius 2 is 1.64 bits per heavy atom. The third-order valence-corrected chi connectivity index (χ3v) is 11.1. The molecule has 1 aromatic rings. The van der Waals surface area contributed by atoms with Crippen molar-refractivity contribution < 1.29 is 21.7 Å². The molecular formula is C30H45Si2Ti. The molecule has 0 heterocycles. The van der Waals surface area contributed by atoms with Gasteiger partial charge in [0.25, 0.3) is 0 Å². The van der Waals surface area contributed by atoms with E-state index in [0.717, 1.165) is 22.4 Å². The van der Waals surface area contributed by atoms with Gasteiger partial charge >= 0.3 is 21.7 Å². The third kappa shape index (κ3) is 6.72. The molecule has 33 heavy (non-hydrogen) atoms. The Hall–Kier alpha value is -0.672. The SMILES string of the molecule is CC1=[C-]C(CC2(C(C)C)C=CC=CC2)([Si]c2cc(C)cc([Si](C)(C)C)c2)C(C)=C1C.[CH3-].[CH3-].[Ti+3]. The monoisotopic (exact) mass is 509 g/mol. The summed E-state index contributed by atoms with van der Waals surface area (Å²) in [4.78, 5) is 0. The van der Waals surface area contributed by atoms with Gasteiger partial charge in [-0.1, -0.05) is 117 Å². The molecule has 0 N–H and O–H groups in total. The standard InChI is InChI=1S/C28H39Si2.2CH3.Ti/c1-20(2)27(13-11-10-12-14-27)19-28(18-22(4)23(5)24(28)6)29-25-15-21(3)16-26(17-25)30(7,8)9;;;/h10-13,15-17,20H,14,19H2,1-9H3;2*1H3;/q3*-1;+3. The van der Waals surface area contributed by atoms with Gasteiger partial charge in [-0.3, -0.25) is 6.08 Å². The van der Waals surface area contributed by atoms with E-state index in [-0.39, 0.29) is 47.0 Å². The summed E-state index contributed by atoms with van der Waals surface area (Å²) in [7, 11) is -0.624. The van der Waals surface area contributed by atoms with E-state index >= 15 is 0 Å². The van der Waals surface area contributed by atoms with Crippen LogP contribution in [0.2, 0.25) is 24.7 Å². The predicted octanol–water partition coefficient (Wildman–Crippen LogP) is 7.57. The van der Waals surface area contributed by atoms with Gasteiger partial charge in [0.2, 0.25) is 0 Å². The van der Waals surface area contributed by atoms with E-state index in [1.165, 1.54) is 27.5 Å². The molecule has 2 aliphatic carbocycles. The molecular weight excluding hydrogens is 464 g/mol. The van der Waals surface area contributed by atoms with Crippen LogP contribution in [0.15, 0.2) is 59.2 Å². The maximum Gasteiger partial charge on any atom is 3.00 e.